The number of nitrogens with one attached hydrogen (secondary N) is 1. The van der Waals surface area contributed by atoms with Gasteiger partial charge in [-0.1, -0.05) is 6.07 Å². The number of fused-ring (bicyclic) bond motifs is 1. The van der Waals surface area contributed by atoms with Crippen LogP contribution in [0.2, 0.25) is 0 Å². The van der Waals surface area contributed by atoms with Crippen molar-refractivity contribution in [2.45, 2.75) is 17.4 Å². The molecule has 1 atom stereocenters. The Morgan fingerprint density at radius 2 is 1.79 bits per heavy atom. The van der Waals surface area contributed by atoms with E-state index in [-0.39, 0.29) is 22.9 Å². The number of anilines is 1. The zero-order chi connectivity index (χ0) is 21.5. The summed E-state index contributed by atoms with van der Waals surface area (Å²) in [6.45, 7) is 0.179. The third-order valence-corrected chi connectivity index (χ3v) is 6.38. The molecule has 0 aromatic heterocycles. The minimum Gasteiger partial charge on any atom is -0.508 e. The van der Waals surface area contributed by atoms with Crippen LogP contribution >= 0.6 is 10.0 Å². The zero-order valence-corrected chi connectivity index (χ0v) is 17.1. The number of hydrogen-bond acceptors (Lipinski definition) is 3. The molecule has 0 fully saturated rings. The van der Waals surface area contributed by atoms with E-state index < -0.39 is 39.6 Å². The zero-order valence-electron chi connectivity index (χ0n) is 16.3. The van der Waals surface area contributed by atoms with E-state index in [4.69, 9.17) is 5.73 Å². The Labute approximate surface area is 169 Å². The van der Waals surface area contributed by atoms with Crippen LogP contribution in [0, 0.1) is 11.6 Å². The molecule has 3 rings (SSSR count). The van der Waals surface area contributed by atoms with Crippen LogP contribution in [0.25, 0.3) is 0 Å². The van der Waals surface area contributed by atoms with Gasteiger partial charge in [0.05, 0.1) is 4.90 Å². The Balaban J connectivity index is 1.96. The van der Waals surface area contributed by atoms with Crippen molar-refractivity contribution >= 4 is 27.7 Å². The Bertz CT molecular complexity index is 968. The number of halogens is 2. The van der Waals surface area contributed by atoms with Crippen molar-refractivity contribution in [3.05, 3.63) is 53.1 Å². The van der Waals surface area contributed by atoms with Crippen molar-refractivity contribution in [1.29, 1.82) is 0 Å². The Morgan fingerprint density at radius 1 is 1.17 bits per heavy atom. The highest BCUT2D eigenvalue weighted by Gasteiger charge is 2.35. The van der Waals surface area contributed by atoms with Crippen LogP contribution in [0.4, 0.5) is 19.3 Å². The first kappa shape index (κ1) is 20.9. The summed E-state index contributed by atoms with van der Waals surface area (Å²) in [7, 11) is -1.65. The first-order valence-corrected chi connectivity index (χ1v) is 11.7. The number of aromatic hydroxyl groups is 1. The molecule has 4 N–H and O–H groups in total. The summed E-state index contributed by atoms with van der Waals surface area (Å²) in [5.74, 6) is -2.07. The van der Waals surface area contributed by atoms with Crippen LogP contribution < -0.4 is 11.1 Å². The van der Waals surface area contributed by atoms with Gasteiger partial charge in [0.15, 0.2) is 0 Å². The van der Waals surface area contributed by atoms with E-state index in [0.29, 0.717) is 17.5 Å². The van der Waals surface area contributed by atoms with E-state index in [2.05, 4.69) is 5.32 Å². The van der Waals surface area contributed by atoms with Gasteiger partial charge in [-0.15, -0.1) is 0 Å². The quantitative estimate of drug-likeness (QED) is 0.707. The summed E-state index contributed by atoms with van der Waals surface area (Å²) in [4.78, 5) is 26.0. The number of phenolic OH excluding ortho intramolecular Hbond substituents is 1. The molecule has 6 nitrogen and oxygen atoms in total. The maximum absolute atomic E-state index is 14.5. The van der Waals surface area contributed by atoms with E-state index >= 15 is 0 Å². The molecule has 0 saturated carbocycles. The number of hydrogen-bond donors (Lipinski definition) is 3. The van der Waals surface area contributed by atoms with Crippen LogP contribution in [-0.2, 0) is 11.2 Å². The molecule has 29 heavy (non-hydrogen) atoms. The highest BCUT2D eigenvalue weighted by Crippen LogP contribution is 2.48. The van der Waals surface area contributed by atoms with Gasteiger partial charge in [-0.2, -0.15) is 0 Å². The fourth-order valence-corrected chi connectivity index (χ4v) is 4.85. The number of carbonyl (C=O) groups is 2. The van der Waals surface area contributed by atoms with Gasteiger partial charge in [-0.05, 0) is 60.6 Å². The number of rotatable bonds is 3. The first-order valence-electron chi connectivity index (χ1n) is 8.85. The predicted molar refractivity (Wildman–Crippen MR) is 109 cm³/mol. The molecule has 0 spiro atoms. The second-order valence-electron chi connectivity index (χ2n) is 7.66. The number of nitrogens with two attached hydrogens (primary N) is 1. The molecular formula is C20H23F2N3O3S. The summed E-state index contributed by atoms with van der Waals surface area (Å²) in [5, 5.41) is 12.2. The average molecular weight is 423 g/mol. The number of phenols is 1. The predicted octanol–water partition coefficient (Wildman–Crippen LogP) is 3.34. The van der Waals surface area contributed by atoms with Crippen molar-refractivity contribution < 1.29 is 23.5 Å². The topological polar surface area (TPSA) is 95.7 Å². The number of primary amides is 1. The van der Waals surface area contributed by atoms with Crippen molar-refractivity contribution in [3.63, 3.8) is 0 Å². The molecule has 2 aromatic rings. The Hall–Kier alpha value is -2.81. The maximum Gasteiger partial charge on any atom is 0.315 e. The number of nitrogens with zero attached hydrogens (tertiary/aromatic N) is 1. The maximum atomic E-state index is 14.5. The van der Waals surface area contributed by atoms with Gasteiger partial charge in [0.25, 0.3) is 5.91 Å². The lowest BCUT2D eigenvalue weighted by atomic mass is 9.92. The van der Waals surface area contributed by atoms with E-state index in [0.717, 1.165) is 12.1 Å². The number of amides is 3. The first-order chi connectivity index (χ1) is 13.5. The molecular weight excluding hydrogens is 400 g/mol. The molecule has 2 aromatic carbocycles. The number of benzene rings is 2. The van der Waals surface area contributed by atoms with Gasteiger partial charge < -0.3 is 21.1 Å². The van der Waals surface area contributed by atoms with Crippen LogP contribution in [0.3, 0.4) is 0 Å². The third-order valence-electron chi connectivity index (χ3n) is 4.76. The molecule has 0 aliphatic carbocycles. The summed E-state index contributed by atoms with van der Waals surface area (Å²) >= 11 is 0. The molecule has 0 radical (unpaired) electrons. The molecule has 0 saturated heterocycles. The van der Waals surface area contributed by atoms with Crippen LogP contribution in [-0.4, -0.2) is 47.3 Å². The molecule has 0 bridgehead atoms. The van der Waals surface area contributed by atoms with Gasteiger partial charge in [0.2, 0.25) is 0 Å². The minimum atomic E-state index is -1.65. The molecule has 1 aliphatic rings. The van der Waals surface area contributed by atoms with Gasteiger partial charge in [-0.3, -0.25) is 4.79 Å². The minimum absolute atomic E-state index is 0.00717. The highest BCUT2D eigenvalue weighted by atomic mass is 32.3. The number of urea groups is 1. The fourth-order valence-electron chi connectivity index (χ4n) is 3.56. The van der Waals surface area contributed by atoms with E-state index in [1.54, 1.807) is 18.8 Å². The fraction of sp³-hybridized carbons (Fsp3) is 0.300. The summed E-state index contributed by atoms with van der Waals surface area (Å²) in [6.07, 6.45) is 5.73. The number of carbonyl (C=O) groups excluding carboxylic acids is 2. The second kappa shape index (κ2) is 7.55. The lowest BCUT2D eigenvalue weighted by molar-refractivity contribution is -0.120. The van der Waals surface area contributed by atoms with Gasteiger partial charge in [0.1, 0.15) is 23.4 Å². The summed E-state index contributed by atoms with van der Waals surface area (Å²) < 4.78 is 29.0. The molecule has 3 amide bonds. The van der Waals surface area contributed by atoms with Crippen molar-refractivity contribution in [2.24, 2.45) is 5.73 Å². The highest BCUT2D eigenvalue weighted by molar-refractivity contribution is 8.32. The lowest BCUT2D eigenvalue weighted by Crippen LogP contribution is -2.47. The van der Waals surface area contributed by atoms with Crippen molar-refractivity contribution in [1.82, 2.24) is 4.90 Å². The Morgan fingerprint density at radius 3 is 2.34 bits per heavy atom. The smallest absolute Gasteiger partial charge is 0.315 e. The van der Waals surface area contributed by atoms with Gasteiger partial charge in [0, 0.05) is 12.2 Å². The normalized spacial score (nSPS) is 16.9. The summed E-state index contributed by atoms with van der Waals surface area (Å²) in [6, 6.07) is 4.76. The Kier molecular flexibility index (Phi) is 5.44. The largest absolute Gasteiger partial charge is 0.508 e. The molecule has 9 heteroatoms. The average Bonchev–Trinajstić information content (AvgIpc) is 2.58. The van der Waals surface area contributed by atoms with E-state index in [1.807, 2.05) is 0 Å². The molecule has 1 unspecified atom stereocenters. The van der Waals surface area contributed by atoms with Crippen LogP contribution in [0.1, 0.15) is 17.2 Å². The van der Waals surface area contributed by atoms with Crippen LogP contribution in [0.15, 0.2) is 35.2 Å². The third kappa shape index (κ3) is 4.14. The molecule has 1 heterocycles. The van der Waals surface area contributed by atoms with E-state index in [9.17, 15) is 23.5 Å². The van der Waals surface area contributed by atoms with Crippen molar-refractivity contribution in [3.8, 4) is 5.75 Å². The lowest BCUT2D eigenvalue weighted by Gasteiger charge is -2.35. The van der Waals surface area contributed by atoms with Crippen molar-refractivity contribution in [2.75, 3.05) is 30.6 Å². The van der Waals surface area contributed by atoms with Gasteiger partial charge >= 0.3 is 6.03 Å². The SMILES string of the molecule is CS(C)(C)c1c(F)cc(NC(=O)C2c3ccc(O)cc3CCN2C(N)=O)cc1F. The monoisotopic (exact) mass is 423 g/mol. The second-order valence-corrected chi connectivity index (χ2v) is 11.7. The standard InChI is InChI=1S/C20H23F2N3O3S/c1-29(2,3)18-15(21)9-12(10-16(18)22)24-19(27)17-14-5-4-13(26)8-11(14)6-7-25(17)20(23)28/h4-5,8-10,17,26H,6-7H2,1-3H3,(H2,23,28)(H,24,27). The summed E-state index contributed by atoms with van der Waals surface area (Å²) in [5.41, 5.74) is 6.59. The molecule has 156 valence electrons. The molecule has 1 aliphatic heterocycles. The van der Waals surface area contributed by atoms with E-state index in [1.165, 1.54) is 23.1 Å². The van der Waals surface area contributed by atoms with Crippen LogP contribution in [0.5, 0.6) is 5.75 Å². The van der Waals surface area contributed by atoms with Gasteiger partial charge in [-0.25, -0.2) is 23.6 Å².